The molecule has 0 aliphatic heterocycles. The fraction of sp³-hybridized carbons (Fsp3) is 0.0769. The first kappa shape index (κ1) is 20.9. The predicted molar refractivity (Wildman–Crippen MR) is 129 cm³/mol. The first-order valence-electron chi connectivity index (χ1n) is 10.2. The molecule has 0 saturated heterocycles. The van der Waals surface area contributed by atoms with Crippen molar-refractivity contribution in [2.75, 3.05) is 0 Å². The molecule has 0 unspecified atom stereocenters. The van der Waals surface area contributed by atoms with E-state index in [1.165, 1.54) is 0 Å². The van der Waals surface area contributed by atoms with Crippen molar-refractivity contribution in [1.29, 1.82) is 0 Å². The Morgan fingerprint density at radius 3 is 1.38 bits per heavy atom. The van der Waals surface area contributed by atoms with Crippen LogP contribution in [0.2, 0.25) is 0 Å². The summed E-state index contributed by atoms with van der Waals surface area (Å²) in [5.74, 6) is -1.78. The van der Waals surface area contributed by atoms with Crippen LogP contribution in [0.25, 0.3) is 21.5 Å². The summed E-state index contributed by atoms with van der Waals surface area (Å²) in [4.78, 5) is 24.4. The number of nitrogens with zero attached hydrogens (tertiary/aromatic N) is 2. The molecule has 2 N–H and O–H groups in total. The summed E-state index contributed by atoms with van der Waals surface area (Å²) in [6.07, 6.45) is 0. The zero-order chi connectivity index (χ0) is 22.5. The maximum Gasteiger partial charge on any atom is 0.331 e. The molecule has 0 fully saturated rings. The molecule has 6 heteroatoms. The summed E-state index contributed by atoms with van der Waals surface area (Å²) >= 11 is 0. The van der Waals surface area contributed by atoms with E-state index in [2.05, 4.69) is 21.1 Å². The molecule has 0 aromatic heterocycles. The van der Waals surface area contributed by atoms with Gasteiger partial charge in [-0.05, 0) is 35.4 Å². The molecular weight excluding hydrogens is 400 g/mol. The van der Waals surface area contributed by atoms with Crippen LogP contribution in [-0.2, 0) is 9.59 Å². The minimum Gasteiger partial charge on any atom is -0.262 e. The number of carbonyl (C=O) groups excluding carboxylic acids is 2. The topological polar surface area (TPSA) is 82.9 Å². The first-order valence-corrected chi connectivity index (χ1v) is 10.2. The van der Waals surface area contributed by atoms with Gasteiger partial charge in [0.25, 0.3) is 0 Å². The van der Waals surface area contributed by atoms with E-state index in [-0.39, 0.29) is 0 Å². The highest BCUT2D eigenvalue weighted by Crippen LogP contribution is 2.20. The number of rotatable bonds is 4. The fourth-order valence-corrected chi connectivity index (χ4v) is 3.57. The molecule has 0 aliphatic rings. The molecule has 32 heavy (non-hydrogen) atoms. The predicted octanol–water partition coefficient (Wildman–Crippen LogP) is 4.37. The van der Waals surface area contributed by atoms with Gasteiger partial charge in [-0.15, -0.1) is 0 Å². The maximum absolute atomic E-state index is 12.2. The Kier molecular flexibility index (Phi) is 6.03. The zero-order valence-corrected chi connectivity index (χ0v) is 17.8. The highest BCUT2D eigenvalue weighted by atomic mass is 16.2. The van der Waals surface area contributed by atoms with Crippen LogP contribution in [-0.4, -0.2) is 23.2 Å². The summed E-state index contributed by atoms with van der Waals surface area (Å²) in [6, 6.07) is 27.5. The van der Waals surface area contributed by atoms with Crippen LogP contribution in [0.1, 0.15) is 25.0 Å². The molecular formula is C26H22N4O2. The Hall–Kier alpha value is -4.32. The van der Waals surface area contributed by atoms with Gasteiger partial charge in [-0.3, -0.25) is 9.59 Å². The molecule has 4 aromatic rings. The largest absolute Gasteiger partial charge is 0.331 e. The van der Waals surface area contributed by atoms with Crippen molar-refractivity contribution in [3.63, 3.8) is 0 Å². The molecule has 0 spiro atoms. The van der Waals surface area contributed by atoms with Crippen molar-refractivity contribution >= 4 is 44.8 Å². The number of benzene rings is 4. The molecule has 0 radical (unpaired) electrons. The van der Waals surface area contributed by atoms with E-state index in [4.69, 9.17) is 0 Å². The quantitative estimate of drug-likeness (QED) is 0.291. The van der Waals surface area contributed by atoms with Gasteiger partial charge in [-0.25, -0.2) is 10.9 Å². The Morgan fingerprint density at radius 2 is 0.938 bits per heavy atom. The number of hydrogen-bond donors (Lipinski definition) is 2. The van der Waals surface area contributed by atoms with Crippen molar-refractivity contribution in [3.8, 4) is 0 Å². The number of amides is 2. The van der Waals surface area contributed by atoms with Crippen molar-refractivity contribution in [2.24, 2.45) is 10.2 Å². The third-order valence-electron chi connectivity index (χ3n) is 5.22. The van der Waals surface area contributed by atoms with Gasteiger partial charge in [0.05, 0.1) is 11.4 Å². The van der Waals surface area contributed by atoms with Crippen molar-refractivity contribution in [1.82, 2.24) is 10.9 Å². The normalized spacial score (nSPS) is 12.1. The van der Waals surface area contributed by atoms with Crippen molar-refractivity contribution in [3.05, 3.63) is 96.1 Å². The van der Waals surface area contributed by atoms with Crippen molar-refractivity contribution < 1.29 is 9.59 Å². The van der Waals surface area contributed by atoms with E-state index in [0.717, 1.165) is 32.7 Å². The van der Waals surface area contributed by atoms with Gasteiger partial charge in [-0.1, -0.05) is 84.9 Å². The summed E-state index contributed by atoms with van der Waals surface area (Å²) in [5, 5.41) is 12.4. The molecule has 0 atom stereocenters. The summed E-state index contributed by atoms with van der Waals surface area (Å²) in [5.41, 5.74) is 7.57. The van der Waals surface area contributed by atoms with Gasteiger partial charge in [0.15, 0.2) is 0 Å². The average Bonchev–Trinajstić information content (AvgIpc) is 2.84. The molecule has 158 valence electrons. The Balaban J connectivity index is 1.45. The second kappa shape index (κ2) is 9.22. The minimum atomic E-state index is -0.890. The van der Waals surface area contributed by atoms with E-state index >= 15 is 0 Å². The average molecular weight is 422 g/mol. The van der Waals surface area contributed by atoms with Crippen LogP contribution < -0.4 is 10.9 Å². The van der Waals surface area contributed by atoms with Crippen molar-refractivity contribution in [2.45, 2.75) is 13.8 Å². The third kappa shape index (κ3) is 4.39. The molecule has 0 bridgehead atoms. The number of fused-ring (bicyclic) bond motifs is 2. The monoisotopic (exact) mass is 422 g/mol. The summed E-state index contributed by atoms with van der Waals surface area (Å²) < 4.78 is 0. The van der Waals surface area contributed by atoms with Gasteiger partial charge >= 0.3 is 11.8 Å². The van der Waals surface area contributed by atoms with Crippen LogP contribution in [0.5, 0.6) is 0 Å². The van der Waals surface area contributed by atoms with Crippen LogP contribution in [0.3, 0.4) is 0 Å². The van der Waals surface area contributed by atoms with E-state index in [1.807, 2.05) is 84.9 Å². The van der Waals surface area contributed by atoms with Crippen LogP contribution in [0.4, 0.5) is 0 Å². The van der Waals surface area contributed by atoms with Gasteiger partial charge in [-0.2, -0.15) is 10.2 Å². The lowest BCUT2D eigenvalue weighted by Gasteiger charge is -2.07. The molecule has 0 aliphatic carbocycles. The van der Waals surface area contributed by atoms with Gasteiger partial charge in [0.1, 0.15) is 0 Å². The standard InChI is InChI=1S/C26H22N4O2/c1-17(21-15-7-11-19-9-3-5-13-23(19)21)27-29-25(31)26(32)30-28-18(2)22-16-8-12-20-10-4-6-14-24(20)22/h3-16H,1-2H3,(H,29,31)(H,30,32). The lowest BCUT2D eigenvalue weighted by molar-refractivity contribution is -0.139. The zero-order valence-electron chi connectivity index (χ0n) is 17.8. The van der Waals surface area contributed by atoms with Gasteiger partial charge < -0.3 is 0 Å². The Bertz CT molecular complexity index is 1270. The number of carbonyl (C=O) groups is 2. The van der Waals surface area contributed by atoms with E-state index in [9.17, 15) is 9.59 Å². The number of hydrogen-bond acceptors (Lipinski definition) is 4. The van der Waals surface area contributed by atoms with Gasteiger partial charge in [0.2, 0.25) is 0 Å². The third-order valence-corrected chi connectivity index (χ3v) is 5.22. The van der Waals surface area contributed by atoms with E-state index in [1.54, 1.807) is 13.8 Å². The Labute approximate surface area is 185 Å². The number of nitrogens with one attached hydrogen (secondary N) is 2. The minimum absolute atomic E-state index is 0.596. The SMILES string of the molecule is CC(=NNC(=O)C(=O)NN=C(C)c1cccc2ccccc12)c1cccc2ccccc12. The van der Waals surface area contributed by atoms with Gasteiger partial charge in [0, 0.05) is 11.1 Å². The summed E-state index contributed by atoms with van der Waals surface area (Å²) in [7, 11) is 0. The molecule has 4 aromatic carbocycles. The second-order valence-electron chi connectivity index (χ2n) is 7.33. The lowest BCUT2D eigenvalue weighted by Crippen LogP contribution is -2.36. The molecule has 0 heterocycles. The molecule has 4 rings (SSSR count). The summed E-state index contributed by atoms with van der Waals surface area (Å²) in [6.45, 7) is 3.56. The van der Waals surface area contributed by atoms with Crippen LogP contribution in [0.15, 0.2) is 95.1 Å². The van der Waals surface area contributed by atoms with Crippen LogP contribution >= 0.6 is 0 Å². The maximum atomic E-state index is 12.2. The molecule has 2 amide bonds. The second-order valence-corrected chi connectivity index (χ2v) is 7.33. The smallest absolute Gasteiger partial charge is 0.262 e. The van der Waals surface area contributed by atoms with E-state index in [0.29, 0.717) is 11.4 Å². The van der Waals surface area contributed by atoms with E-state index < -0.39 is 11.8 Å². The molecule has 0 saturated carbocycles. The lowest BCUT2D eigenvalue weighted by atomic mass is 10.0. The molecule has 6 nitrogen and oxygen atoms in total. The fourth-order valence-electron chi connectivity index (χ4n) is 3.57. The van der Waals surface area contributed by atoms with Crippen LogP contribution in [0, 0.1) is 0 Å². The number of hydrazone groups is 2. The Morgan fingerprint density at radius 1 is 0.562 bits per heavy atom. The first-order chi connectivity index (χ1) is 15.5. The highest BCUT2D eigenvalue weighted by Gasteiger charge is 2.13. The highest BCUT2D eigenvalue weighted by molar-refractivity contribution is 6.35.